The third-order valence-electron chi connectivity index (χ3n) is 6.45. The Morgan fingerprint density at radius 3 is 2.45 bits per heavy atom. The molecular formula is C21H33Cl2N3O3. The lowest BCUT2D eigenvalue weighted by atomic mass is 9.89. The number of nitrogens with zero attached hydrogens (tertiary/aromatic N) is 3. The fraction of sp³-hybridized carbons (Fsp3) is 0.667. The van der Waals surface area contributed by atoms with Crippen molar-refractivity contribution in [3.05, 3.63) is 29.8 Å². The van der Waals surface area contributed by atoms with E-state index in [9.17, 15) is 4.79 Å². The zero-order chi connectivity index (χ0) is 18.8. The van der Waals surface area contributed by atoms with Gasteiger partial charge in [0.2, 0.25) is 5.91 Å². The molecule has 164 valence electrons. The quantitative estimate of drug-likeness (QED) is 0.695. The number of hydrogen-bond donors (Lipinski definition) is 0. The Morgan fingerprint density at radius 2 is 1.79 bits per heavy atom. The number of hydrogen-bond acceptors (Lipinski definition) is 5. The first kappa shape index (κ1) is 24.2. The van der Waals surface area contributed by atoms with Gasteiger partial charge in [0.05, 0.1) is 20.3 Å². The smallest absolute Gasteiger partial charge is 0.223 e. The summed E-state index contributed by atoms with van der Waals surface area (Å²) in [6, 6.07) is 8.81. The van der Waals surface area contributed by atoms with Crippen LogP contribution >= 0.6 is 24.8 Å². The summed E-state index contributed by atoms with van der Waals surface area (Å²) in [4.78, 5) is 19.7. The number of benzene rings is 1. The molecule has 3 fully saturated rings. The maximum absolute atomic E-state index is 12.8. The van der Waals surface area contributed by atoms with Crippen LogP contribution in [0.25, 0.3) is 0 Å². The number of fused-ring (bicyclic) bond motifs is 1. The highest BCUT2D eigenvalue weighted by Crippen LogP contribution is 2.44. The summed E-state index contributed by atoms with van der Waals surface area (Å²) in [6.07, 6.45) is 0.627. The first-order valence-electron chi connectivity index (χ1n) is 10.1. The Balaban J connectivity index is 0.00000150. The van der Waals surface area contributed by atoms with Crippen LogP contribution in [0, 0.1) is 11.8 Å². The maximum atomic E-state index is 12.8. The van der Waals surface area contributed by atoms with Crippen LogP contribution in [0.2, 0.25) is 0 Å². The number of halogens is 2. The molecule has 0 spiro atoms. The Hall–Kier alpha value is -1.05. The minimum absolute atomic E-state index is 0. The van der Waals surface area contributed by atoms with Gasteiger partial charge in [-0.2, -0.15) is 0 Å². The molecule has 0 N–H and O–H groups in total. The van der Waals surface area contributed by atoms with Crippen molar-refractivity contribution in [1.82, 2.24) is 14.7 Å². The number of likely N-dealkylation sites (tertiary alicyclic amines) is 2. The molecule has 3 heterocycles. The summed E-state index contributed by atoms with van der Waals surface area (Å²) in [6.45, 7) is 7.18. The van der Waals surface area contributed by atoms with Gasteiger partial charge in [0.1, 0.15) is 5.75 Å². The number of rotatable bonds is 5. The SMILES string of the molecule is COc1ccc([C@H]2[C@@H]3CN(C(=O)CCN4CCOCC4)C[C@@H]3CN2C)cc1.Cl.Cl. The highest BCUT2D eigenvalue weighted by atomic mass is 35.5. The average Bonchev–Trinajstić information content (AvgIpc) is 3.24. The summed E-state index contributed by atoms with van der Waals surface area (Å²) in [5, 5.41) is 0. The van der Waals surface area contributed by atoms with Gasteiger partial charge in [-0.25, -0.2) is 0 Å². The molecule has 3 aliphatic rings. The first-order chi connectivity index (χ1) is 13.2. The molecule has 1 aromatic rings. The number of ether oxygens (including phenoxy) is 2. The molecule has 0 unspecified atom stereocenters. The van der Waals surface area contributed by atoms with Crippen LogP contribution < -0.4 is 4.74 Å². The zero-order valence-corrected chi connectivity index (χ0v) is 18.9. The normalized spacial score (nSPS) is 27.1. The highest BCUT2D eigenvalue weighted by Gasteiger charge is 2.47. The molecule has 0 aliphatic carbocycles. The van der Waals surface area contributed by atoms with Gasteiger partial charge in [-0.15, -0.1) is 24.8 Å². The first-order valence-corrected chi connectivity index (χ1v) is 10.1. The van der Waals surface area contributed by atoms with E-state index in [0.717, 1.165) is 58.2 Å². The molecule has 4 rings (SSSR count). The minimum atomic E-state index is 0. The monoisotopic (exact) mass is 445 g/mol. The molecule has 3 saturated heterocycles. The highest BCUT2D eigenvalue weighted by molar-refractivity contribution is 5.85. The molecule has 0 saturated carbocycles. The van der Waals surface area contributed by atoms with Gasteiger partial charge in [0.15, 0.2) is 0 Å². The third kappa shape index (κ3) is 5.36. The summed E-state index contributed by atoms with van der Waals surface area (Å²) >= 11 is 0. The maximum Gasteiger partial charge on any atom is 0.223 e. The van der Waals surface area contributed by atoms with Gasteiger partial charge >= 0.3 is 0 Å². The topological polar surface area (TPSA) is 45.3 Å². The number of methoxy groups -OCH3 is 1. The Bertz CT molecular complexity index is 655. The van der Waals surface area contributed by atoms with Crippen LogP contribution in [-0.2, 0) is 9.53 Å². The van der Waals surface area contributed by atoms with Crippen LogP contribution in [0.5, 0.6) is 5.75 Å². The molecule has 3 atom stereocenters. The number of carbonyl (C=O) groups excluding carboxylic acids is 1. The third-order valence-corrected chi connectivity index (χ3v) is 6.45. The van der Waals surface area contributed by atoms with Crippen molar-refractivity contribution in [3.63, 3.8) is 0 Å². The van der Waals surface area contributed by atoms with Crippen LogP contribution in [0.4, 0.5) is 0 Å². The molecule has 3 aliphatic heterocycles. The van der Waals surface area contributed by atoms with E-state index in [4.69, 9.17) is 9.47 Å². The lowest BCUT2D eigenvalue weighted by Crippen LogP contribution is -2.40. The number of amides is 1. The zero-order valence-electron chi connectivity index (χ0n) is 17.3. The average molecular weight is 446 g/mol. The minimum Gasteiger partial charge on any atom is -0.497 e. The van der Waals surface area contributed by atoms with Crippen molar-refractivity contribution < 1.29 is 14.3 Å². The van der Waals surface area contributed by atoms with Crippen molar-refractivity contribution in [2.75, 3.05) is 66.6 Å². The summed E-state index contributed by atoms with van der Waals surface area (Å²) in [5.41, 5.74) is 1.33. The van der Waals surface area contributed by atoms with E-state index in [2.05, 4.69) is 33.9 Å². The molecule has 29 heavy (non-hydrogen) atoms. The van der Waals surface area contributed by atoms with Gasteiger partial charge in [0, 0.05) is 57.6 Å². The molecule has 1 aromatic carbocycles. The van der Waals surface area contributed by atoms with Crippen molar-refractivity contribution in [3.8, 4) is 5.75 Å². The molecule has 8 heteroatoms. The van der Waals surface area contributed by atoms with Crippen LogP contribution in [0.15, 0.2) is 24.3 Å². The van der Waals surface area contributed by atoms with Crippen molar-refractivity contribution >= 4 is 30.7 Å². The predicted molar refractivity (Wildman–Crippen MR) is 118 cm³/mol. The second-order valence-corrected chi connectivity index (χ2v) is 8.08. The molecule has 0 radical (unpaired) electrons. The van der Waals surface area contributed by atoms with E-state index < -0.39 is 0 Å². The van der Waals surface area contributed by atoms with E-state index in [-0.39, 0.29) is 24.8 Å². The van der Waals surface area contributed by atoms with Crippen LogP contribution in [0.3, 0.4) is 0 Å². The predicted octanol–water partition coefficient (Wildman–Crippen LogP) is 2.32. The second-order valence-electron chi connectivity index (χ2n) is 8.08. The molecule has 6 nitrogen and oxygen atoms in total. The lowest BCUT2D eigenvalue weighted by Gasteiger charge is -2.28. The Labute approximate surface area is 186 Å². The van der Waals surface area contributed by atoms with E-state index in [1.54, 1.807) is 7.11 Å². The van der Waals surface area contributed by atoms with Crippen LogP contribution in [0.1, 0.15) is 18.0 Å². The lowest BCUT2D eigenvalue weighted by molar-refractivity contribution is -0.131. The molecule has 0 aromatic heterocycles. The van der Waals surface area contributed by atoms with E-state index in [1.165, 1.54) is 5.56 Å². The van der Waals surface area contributed by atoms with Crippen molar-refractivity contribution in [2.45, 2.75) is 12.5 Å². The largest absolute Gasteiger partial charge is 0.497 e. The van der Waals surface area contributed by atoms with E-state index >= 15 is 0 Å². The van der Waals surface area contributed by atoms with Gasteiger partial charge in [-0.1, -0.05) is 12.1 Å². The van der Waals surface area contributed by atoms with Gasteiger partial charge in [-0.3, -0.25) is 14.6 Å². The molecule has 0 bridgehead atoms. The number of morpholine rings is 1. The summed E-state index contributed by atoms with van der Waals surface area (Å²) in [7, 11) is 3.90. The van der Waals surface area contributed by atoms with Gasteiger partial charge in [0.25, 0.3) is 0 Å². The second kappa shape index (κ2) is 10.8. The number of carbonyl (C=O) groups is 1. The molecule has 1 amide bonds. The standard InChI is InChI=1S/C21H31N3O3.2ClH/c1-22-13-17-14-24(20(25)7-8-23-9-11-27-12-10-23)15-19(17)21(22)16-3-5-18(26-2)6-4-16;;/h3-6,17,19,21H,7-15H2,1-2H3;2*1H/t17-,19+,21-;;/m0../s1. The summed E-state index contributed by atoms with van der Waals surface area (Å²) < 4.78 is 10.7. The van der Waals surface area contributed by atoms with Crippen molar-refractivity contribution in [2.24, 2.45) is 11.8 Å². The summed E-state index contributed by atoms with van der Waals surface area (Å²) in [5.74, 6) is 2.31. The fourth-order valence-electron chi connectivity index (χ4n) is 5.00. The fourth-order valence-corrected chi connectivity index (χ4v) is 5.00. The van der Waals surface area contributed by atoms with E-state index in [1.807, 2.05) is 12.1 Å². The van der Waals surface area contributed by atoms with Gasteiger partial charge < -0.3 is 14.4 Å². The van der Waals surface area contributed by atoms with Crippen molar-refractivity contribution in [1.29, 1.82) is 0 Å². The molecular weight excluding hydrogens is 413 g/mol. The Kier molecular flexibility index (Phi) is 9.04. The van der Waals surface area contributed by atoms with Crippen LogP contribution in [-0.4, -0.2) is 87.2 Å². The Morgan fingerprint density at radius 1 is 1.10 bits per heavy atom. The van der Waals surface area contributed by atoms with Gasteiger partial charge in [-0.05, 0) is 30.7 Å². The van der Waals surface area contributed by atoms with E-state index in [0.29, 0.717) is 30.2 Å².